The highest BCUT2D eigenvalue weighted by Gasteiger charge is 2.11. The van der Waals surface area contributed by atoms with Crippen LogP contribution in [0.5, 0.6) is 0 Å². The third-order valence-electron chi connectivity index (χ3n) is 2.08. The van der Waals surface area contributed by atoms with Crippen LogP contribution in [0.2, 0.25) is 0 Å². The molecule has 4 heteroatoms. The number of hydrogen-bond acceptors (Lipinski definition) is 4. The molecular formula is C11H24O4. The van der Waals surface area contributed by atoms with E-state index in [1.165, 1.54) is 0 Å². The van der Waals surface area contributed by atoms with Crippen molar-refractivity contribution in [2.24, 2.45) is 0 Å². The molecule has 2 N–H and O–H groups in total. The van der Waals surface area contributed by atoms with Crippen molar-refractivity contribution in [1.82, 2.24) is 0 Å². The fourth-order valence-corrected chi connectivity index (χ4v) is 1.23. The van der Waals surface area contributed by atoms with E-state index in [0.717, 1.165) is 25.7 Å². The second-order valence-corrected chi connectivity index (χ2v) is 3.55. The highest BCUT2D eigenvalue weighted by atomic mass is 16.7. The quantitative estimate of drug-likeness (QED) is 0.430. The smallest absolute Gasteiger partial charge is 0.157 e. The summed E-state index contributed by atoms with van der Waals surface area (Å²) in [5.41, 5.74) is 0. The van der Waals surface area contributed by atoms with E-state index in [1.807, 2.05) is 6.92 Å². The van der Waals surface area contributed by atoms with Crippen LogP contribution in [0.25, 0.3) is 0 Å². The van der Waals surface area contributed by atoms with Crippen molar-refractivity contribution in [1.29, 1.82) is 0 Å². The number of aliphatic hydroxyl groups is 2. The second-order valence-electron chi connectivity index (χ2n) is 3.55. The molecule has 0 saturated heterocycles. The number of rotatable bonds is 10. The monoisotopic (exact) mass is 220 g/mol. The van der Waals surface area contributed by atoms with E-state index in [4.69, 9.17) is 19.7 Å². The molecule has 0 aliphatic rings. The summed E-state index contributed by atoms with van der Waals surface area (Å²) < 4.78 is 10.7. The average molecular weight is 220 g/mol. The van der Waals surface area contributed by atoms with Crippen LogP contribution in [0.15, 0.2) is 0 Å². The molecule has 0 fully saturated rings. The number of aliphatic hydroxyl groups excluding tert-OH is 2. The van der Waals surface area contributed by atoms with E-state index >= 15 is 0 Å². The summed E-state index contributed by atoms with van der Waals surface area (Å²) in [4.78, 5) is 0. The predicted molar refractivity (Wildman–Crippen MR) is 58.6 cm³/mol. The Bertz CT molecular complexity index is 130. The lowest BCUT2D eigenvalue weighted by molar-refractivity contribution is -0.161. The van der Waals surface area contributed by atoms with Crippen molar-refractivity contribution in [3.8, 4) is 0 Å². The highest BCUT2D eigenvalue weighted by Crippen LogP contribution is 2.08. The van der Waals surface area contributed by atoms with Crippen molar-refractivity contribution >= 4 is 0 Å². The van der Waals surface area contributed by atoms with Crippen LogP contribution in [-0.4, -0.2) is 42.4 Å². The van der Waals surface area contributed by atoms with Gasteiger partial charge in [-0.3, -0.25) is 0 Å². The molecular weight excluding hydrogens is 196 g/mol. The molecule has 0 heterocycles. The first-order valence-corrected chi connectivity index (χ1v) is 5.76. The Hall–Kier alpha value is -0.160. The summed E-state index contributed by atoms with van der Waals surface area (Å²) in [7, 11) is 0. The van der Waals surface area contributed by atoms with Gasteiger partial charge < -0.3 is 19.7 Å². The molecule has 0 aliphatic carbocycles. The lowest BCUT2D eigenvalue weighted by atomic mass is 10.2. The topological polar surface area (TPSA) is 58.9 Å². The first-order chi connectivity index (χ1) is 7.24. The number of unbranched alkanes of at least 4 members (excludes halogenated alkanes) is 2. The van der Waals surface area contributed by atoms with Gasteiger partial charge >= 0.3 is 0 Å². The summed E-state index contributed by atoms with van der Waals surface area (Å²) in [6.45, 7) is 4.53. The summed E-state index contributed by atoms with van der Waals surface area (Å²) in [6, 6.07) is 0. The Balaban J connectivity index is 3.62. The summed E-state index contributed by atoms with van der Waals surface area (Å²) in [6.07, 6.45) is 3.19. The minimum absolute atomic E-state index is 0.132. The van der Waals surface area contributed by atoms with Gasteiger partial charge in [0.05, 0.1) is 13.2 Å². The lowest BCUT2D eigenvalue weighted by Gasteiger charge is -2.19. The Morgan fingerprint density at radius 3 is 2.40 bits per heavy atom. The van der Waals surface area contributed by atoms with E-state index in [9.17, 15) is 0 Å². The van der Waals surface area contributed by atoms with Crippen LogP contribution in [0.1, 0.15) is 39.5 Å². The maximum absolute atomic E-state index is 9.12. The SMILES string of the molecule is CCCCCC(OCC)OCC(O)CO. The zero-order valence-electron chi connectivity index (χ0n) is 9.82. The van der Waals surface area contributed by atoms with Crippen molar-refractivity contribution in [2.75, 3.05) is 19.8 Å². The number of hydrogen-bond donors (Lipinski definition) is 2. The van der Waals surface area contributed by atoms with Crippen LogP contribution in [-0.2, 0) is 9.47 Å². The van der Waals surface area contributed by atoms with Crippen molar-refractivity contribution < 1.29 is 19.7 Å². The van der Waals surface area contributed by atoms with Gasteiger partial charge in [-0.2, -0.15) is 0 Å². The third-order valence-corrected chi connectivity index (χ3v) is 2.08. The summed E-state index contributed by atoms with van der Waals surface area (Å²) in [5.74, 6) is 0. The third kappa shape index (κ3) is 8.81. The molecule has 2 unspecified atom stereocenters. The number of ether oxygens (including phenoxy) is 2. The normalized spacial score (nSPS) is 15.2. The molecule has 0 radical (unpaired) electrons. The minimum atomic E-state index is -0.806. The van der Waals surface area contributed by atoms with E-state index in [1.54, 1.807) is 0 Å². The van der Waals surface area contributed by atoms with Crippen molar-refractivity contribution in [3.05, 3.63) is 0 Å². The standard InChI is InChI=1S/C11H24O4/c1-3-5-6-7-11(14-4-2)15-9-10(13)8-12/h10-13H,3-9H2,1-2H3. The largest absolute Gasteiger partial charge is 0.394 e. The van der Waals surface area contributed by atoms with E-state index in [0.29, 0.717) is 6.61 Å². The van der Waals surface area contributed by atoms with Crippen LogP contribution >= 0.6 is 0 Å². The van der Waals surface area contributed by atoms with Gasteiger partial charge in [-0.05, 0) is 19.8 Å². The molecule has 92 valence electrons. The Morgan fingerprint density at radius 2 is 1.87 bits per heavy atom. The van der Waals surface area contributed by atoms with Gasteiger partial charge in [-0.25, -0.2) is 0 Å². The van der Waals surface area contributed by atoms with Gasteiger partial charge in [0.25, 0.3) is 0 Å². The van der Waals surface area contributed by atoms with E-state index in [-0.39, 0.29) is 19.5 Å². The molecule has 0 amide bonds. The van der Waals surface area contributed by atoms with E-state index in [2.05, 4.69) is 6.92 Å². The molecule has 0 saturated carbocycles. The summed E-state index contributed by atoms with van der Waals surface area (Å²) >= 11 is 0. The van der Waals surface area contributed by atoms with Gasteiger partial charge in [0.2, 0.25) is 0 Å². The fourth-order valence-electron chi connectivity index (χ4n) is 1.23. The molecule has 2 atom stereocenters. The maximum Gasteiger partial charge on any atom is 0.157 e. The van der Waals surface area contributed by atoms with Crippen LogP contribution in [0.3, 0.4) is 0 Å². The maximum atomic E-state index is 9.12. The highest BCUT2D eigenvalue weighted by molar-refractivity contribution is 4.52. The Morgan fingerprint density at radius 1 is 1.13 bits per heavy atom. The predicted octanol–water partition coefficient (Wildman–Crippen LogP) is 1.30. The molecule has 0 aromatic carbocycles. The van der Waals surface area contributed by atoms with E-state index < -0.39 is 6.10 Å². The molecule has 0 aliphatic heterocycles. The first-order valence-electron chi connectivity index (χ1n) is 5.76. The van der Waals surface area contributed by atoms with Crippen LogP contribution in [0, 0.1) is 0 Å². The molecule has 0 spiro atoms. The molecule has 0 aromatic heterocycles. The lowest BCUT2D eigenvalue weighted by Crippen LogP contribution is -2.26. The van der Waals surface area contributed by atoms with Gasteiger partial charge in [-0.1, -0.05) is 19.8 Å². The first kappa shape index (κ1) is 14.8. The molecule has 4 nitrogen and oxygen atoms in total. The Kier molecular flexibility index (Phi) is 10.3. The average Bonchev–Trinajstić information content (AvgIpc) is 2.25. The molecule has 0 aromatic rings. The van der Waals surface area contributed by atoms with Gasteiger partial charge in [0, 0.05) is 6.61 Å². The molecule has 0 bridgehead atoms. The molecule has 0 rings (SSSR count). The fraction of sp³-hybridized carbons (Fsp3) is 1.00. The van der Waals surface area contributed by atoms with Crippen molar-refractivity contribution in [3.63, 3.8) is 0 Å². The van der Waals surface area contributed by atoms with Crippen LogP contribution < -0.4 is 0 Å². The zero-order chi connectivity index (χ0) is 11.5. The minimum Gasteiger partial charge on any atom is -0.394 e. The zero-order valence-corrected chi connectivity index (χ0v) is 9.82. The second kappa shape index (κ2) is 10.4. The van der Waals surface area contributed by atoms with Crippen molar-refractivity contribution in [2.45, 2.75) is 51.9 Å². The van der Waals surface area contributed by atoms with Gasteiger partial charge in [0.15, 0.2) is 6.29 Å². The van der Waals surface area contributed by atoms with Gasteiger partial charge in [-0.15, -0.1) is 0 Å². The molecule has 15 heavy (non-hydrogen) atoms. The summed E-state index contributed by atoms with van der Waals surface area (Å²) in [5, 5.41) is 17.7. The van der Waals surface area contributed by atoms with Gasteiger partial charge in [0.1, 0.15) is 6.10 Å². The van der Waals surface area contributed by atoms with Crippen LogP contribution in [0.4, 0.5) is 0 Å². The Labute approximate surface area is 92.2 Å².